The highest BCUT2D eigenvalue weighted by atomic mass is 79.9. The smallest absolute Gasteiger partial charge is 0.156 e. The van der Waals surface area contributed by atoms with Crippen molar-refractivity contribution in [2.75, 3.05) is 6.61 Å². The number of aromatic nitrogens is 2. The summed E-state index contributed by atoms with van der Waals surface area (Å²) in [5, 5.41) is 4.44. The zero-order chi connectivity index (χ0) is 19.2. The first kappa shape index (κ1) is 19.5. The minimum Gasteiger partial charge on any atom is -0.376 e. The van der Waals surface area contributed by atoms with E-state index >= 15 is 0 Å². The number of ether oxygens (including phenoxy) is 1. The summed E-state index contributed by atoms with van der Waals surface area (Å²) in [6, 6.07) is 16.0. The molecule has 0 radical (unpaired) electrons. The second-order valence-corrected chi connectivity index (χ2v) is 7.03. The van der Waals surface area contributed by atoms with Crippen LogP contribution in [0, 0.1) is 12.7 Å². The monoisotopic (exact) mass is 430 g/mol. The van der Waals surface area contributed by atoms with Crippen LogP contribution in [0.1, 0.15) is 17.7 Å². The fourth-order valence-corrected chi connectivity index (χ4v) is 3.27. The fourth-order valence-electron chi connectivity index (χ4n) is 2.75. The molecule has 3 rings (SSSR count). The van der Waals surface area contributed by atoms with E-state index in [0.29, 0.717) is 19.6 Å². The molecular formula is C21H20BrFN2O2. The Hall–Kier alpha value is -2.31. The normalized spacial score (nSPS) is 10.9. The van der Waals surface area contributed by atoms with Crippen molar-refractivity contribution in [3.8, 4) is 11.3 Å². The van der Waals surface area contributed by atoms with E-state index in [4.69, 9.17) is 4.74 Å². The lowest BCUT2D eigenvalue weighted by Crippen LogP contribution is -2.14. The zero-order valence-electron chi connectivity index (χ0n) is 15.0. The fraction of sp³-hybridized carbons (Fsp3) is 0.238. The number of Topliss-reactive ketones (excluding diaryl/α,β-unsaturated/α-hetero) is 1. The van der Waals surface area contributed by atoms with Crippen LogP contribution in [-0.4, -0.2) is 22.2 Å². The second kappa shape index (κ2) is 9.06. The zero-order valence-corrected chi connectivity index (χ0v) is 16.6. The molecule has 27 heavy (non-hydrogen) atoms. The molecule has 0 aliphatic heterocycles. The minimum absolute atomic E-state index is 0.0291. The van der Waals surface area contributed by atoms with Crippen molar-refractivity contribution in [1.82, 2.24) is 9.78 Å². The molecule has 0 saturated carbocycles. The highest BCUT2D eigenvalue weighted by Gasteiger charge is 2.17. The molecule has 0 spiro atoms. The lowest BCUT2D eigenvalue weighted by Gasteiger charge is -2.08. The van der Waals surface area contributed by atoms with E-state index in [1.165, 1.54) is 12.1 Å². The van der Waals surface area contributed by atoms with Gasteiger partial charge in [-0.15, -0.1) is 0 Å². The first-order chi connectivity index (χ1) is 13.0. The number of hydrogen-bond donors (Lipinski definition) is 0. The van der Waals surface area contributed by atoms with E-state index in [2.05, 4.69) is 21.0 Å². The maximum Gasteiger partial charge on any atom is 0.156 e. The van der Waals surface area contributed by atoms with Crippen molar-refractivity contribution < 1.29 is 13.9 Å². The van der Waals surface area contributed by atoms with Gasteiger partial charge in [0.05, 0.1) is 29.1 Å². The van der Waals surface area contributed by atoms with E-state index in [0.717, 1.165) is 27.0 Å². The predicted molar refractivity (Wildman–Crippen MR) is 106 cm³/mol. The molecule has 4 nitrogen and oxygen atoms in total. The summed E-state index contributed by atoms with van der Waals surface area (Å²) in [4.78, 5) is 12.4. The Labute approximate surface area is 166 Å². The van der Waals surface area contributed by atoms with Crippen LogP contribution in [0.15, 0.2) is 59.1 Å². The predicted octanol–water partition coefficient (Wildman–Crippen LogP) is 4.94. The summed E-state index contributed by atoms with van der Waals surface area (Å²) in [6.45, 7) is 2.86. The maximum atomic E-state index is 13.2. The summed E-state index contributed by atoms with van der Waals surface area (Å²) in [5.74, 6) is -0.272. The van der Waals surface area contributed by atoms with Crippen LogP contribution in [0.5, 0.6) is 0 Å². The average Bonchev–Trinajstić information content (AvgIpc) is 2.94. The average molecular weight is 431 g/mol. The minimum atomic E-state index is -0.302. The molecular weight excluding hydrogens is 411 g/mol. The number of benzene rings is 2. The highest BCUT2D eigenvalue weighted by molar-refractivity contribution is 9.10. The molecule has 0 fully saturated rings. The molecule has 0 atom stereocenters. The number of rotatable bonds is 8. The lowest BCUT2D eigenvalue weighted by atomic mass is 10.1. The molecule has 6 heteroatoms. The summed E-state index contributed by atoms with van der Waals surface area (Å²) < 4.78 is 21.3. The van der Waals surface area contributed by atoms with Gasteiger partial charge in [-0.2, -0.15) is 5.10 Å². The van der Waals surface area contributed by atoms with Crippen LogP contribution < -0.4 is 0 Å². The first-order valence-electron chi connectivity index (χ1n) is 8.67. The van der Waals surface area contributed by atoms with Gasteiger partial charge in [0.2, 0.25) is 0 Å². The van der Waals surface area contributed by atoms with Gasteiger partial charge in [0.25, 0.3) is 0 Å². The molecule has 140 valence electrons. The highest BCUT2D eigenvalue weighted by Crippen LogP contribution is 2.31. The van der Waals surface area contributed by atoms with Gasteiger partial charge in [-0.3, -0.25) is 9.48 Å². The van der Waals surface area contributed by atoms with Crippen LogP contribution in [0.2, 0.25) is 0 Å². The van der Waals surface area contributed by atoms with E-state index < -0.39 is 0 Å². The Bertz CT molecular complexity index is 908. The Morgan fingerprint density at radius 2 is 1.85 bits per heavy atom. The summed E-state index contributed by atoms with van der Waals surface area (Å²) in [7, 11) is 0. The van der Waals surface area contributed by atoms with Crippen molar-refractivity contribution in [2.45, 2.75) is 26.5 Å². The van der Waals surface area contributed by atoms with E-state index in [-0.39, 0.29) is 18.1 Å². The van der Waals surface area contributed by atoms with E-state index in [9.17, 15) is 9.18 Å². The Morgan fingerprint density at radius 3 is 2.56 bits per heavy atom. The van der Waals surface area contributed by atoms with Crippen molar-refractivity contribution >= 4 is 21.7 Å². The van der Waals surface area contributed by atoms with Crippen molar-refractivity contribution in [2.24, 2.45) is 0 Å². The van der Waals surface area contributed by atoms with E-state index in [1.807, 2.05) is 37.3 Å². The number of carbonyl (C=O) groups excluding carboxylic acids is 1. The van der Waals surface area contributed by atoms with Crippen molar-refractivity contribution in [1.29, 1.82) is 0 Å². The van der Waals surface area contributed by atoms with Gasteiger partial charge in [0.15, 0.2) is 5.78 Å². The SMILES string of the molecule is Cc1nn(CC(=O)CCOCc2ccccc2)c(-c2ccc(F)cc2)c1Br. The third kappa shape index (κ3) is 5.11. The van der Waals surface area contributed by atoms with Crippen LogP contribution in [0.25, 0.3) is 11.3 Å². The van der Waals surface area contributed by atoms with Crippen LogP contribution >= 0.6 is 15.9 Å². The second-order valence-electron chi connectivity index (χ2n) is 6.24. The molecule has 2 aromatic carbocycles. The molecule has 0 aliphatic rings. The van der Waals surface area contributed by atoms with Gasteiger partial charge in [0.1, 0.15) is 12.4 Å². The Kier molecular flexibility index (Phi) is 6.53. The molecule has 0 bridgehead atoms. The molecule has 1 aromatic heterocycles. The van der Waals surface area contributed by atoms with Crippen molar-refractivity contribution in [3.63, 3.8) is 0 Å². The number of nitrogens with zero attached hydrogens (tertiary/aromatic N) is 2. The van der Waals surface area contributed by atoms with Crippen LogP contribution in [-0.2, 0) is 22.7 Å². The maximum absolute atomic E-state index is 13.2. The summed E-state index contributed by atoms with van der Waals surface area (Å²) >= 11 is 3.52. The Balaban J connectivity index is 1.61. The third-order valence-corrected chi connectivity index (χ3v) is 5.08. The van der Waals surface area contributed by atoms with Crippen LogP contribution in [0.4, 0.5) is 4.39 Å². The standard InChI is InChI=1S/C21H20BrFN2O2/c1-15-20(22)21(17-7-9-18(23)10-8-17)25(24-15)13-19(26)11-12-27-14-16-5-3-2-4-6-16/h2-10H,11-14H2,1H3. The lowest BCUT2D eigenvalue weighted by molar-refractivity contribution is -0.120. The summed E-state index contributed by atoms with van der Waals surface area (Å²) in [6.07, 6.45) is 0.312. The molecule has 0 saturated heterocycles. The molecule has 1 heterocycles. The summed E-state index contributed by atoms with van der Waals surface area (Å²) in [5.41, 5.74) is 3.43. The van der Waals surface area contributed by atoms with E-state index in [1.54, 1.807) is 16.8 Å². The number of carbonyl (C=O) groups is 1. The quantitative estimate of drug-likeness (QED) is 0.475. The van der Waals surface area contributed by atoms with Gasteiger partial charge < -0.3 is 4.74 Å². The molecule has 0 N–H and O–H groups in total. The first-order valence-corrected chi connectivity index (χ1v) is 9.46. The molecule has 0 aliphatic carbocycles. The van der Waals surface area contributed by atoms with Gasteiger partial charge in [0, 0.05) is 12.0 Å². The largest absolute Gasteiger partial charge is 0.376 e. The number of hydrogen-bond acceptors (Lipinski definition) is 3. The van der Waals surface area contributed by atoms with Gasteiger partial charge in [-0.1, -0.05) is 30.3 Å². The number of ketones is 1. The van der Waals surface area contributed by atoms with Crippen molar-refractivity contribution in [3.05, 3.63) is 76.1 Å². The van der Waals surface area contributed by atoms with Gasteiger partial charge in [-0.05, 0) is 52.7 Å². The Morgan fingerprint density at radius 1 is 1.15 bits per heavy atom. The molecule has 0 unspecified atom stereocenters. The molecule has 3 aromatic rings. The third-order valence-electron chi connectivity index (χ3n) is 4.13. The van der Waals surface area contributed by atoms with Gasteiger partial charge in [-0.25, -0.2) is 4.39 Å². The topological polar surface area (TPSA) is 44.1 Å². The van der Waals surface area contributed by atoms with Gasteiger partial charge >= 0.3 is 0 Å². The molecule has 0 amide bonds. The number of aryl methyl sites for hydroxylation is 1. The van der Waals surface area contributed by atoms with Crippen LogP contribution in [0.3, 0.4) is 0 Å². The number of halogens is 2.